The van der Waals surface area contributed by atoms with E-state index in [1.807, 2.05) is 43.3 Å². The number of aromatic nitrogens is 2. The zero-order chi connectivity index (χ0) is 23.9. The van der Waals surface area contributed by atoms with Crippen LogP contribution in [0.15, 0.2) is 81.6 Å². The fraction of sp³-hybridized carbons (Fsp3) is 0.200. The van der Waals surface area contributed by atoms with Crippen molar-refractivity contribution in [2.75, 3.05) is 0 Å². The summed E-state index contributed by atoms with van der Waals surface area (Å²) in [5.74, 6) is 0. The highest BCUT2D eigenvalue weighted by atomic mass is 35.5. The third kappa shape index (κ3) is 4.38. The molecule has 1 aliphatic rings. The summed E-state index contributed by atoms with van der Waals surface area (Å²) in [6.07, 6.45) is 1.57. The van der Waals surface area contributed by atoms with Crippen molar-refractivity contribution >= 4 is 44.2 Å². The largest absolute Gasteiger partial charge is 0.301 e. The molecular formula is C25H22ClN3O3S2. The van der Waals surface area contributed by atoms with Gasteiger partial charge < -0.3 is 4.98 Å². The van der Waals surface area contributed by atoms with Crippen molar-refractivity contribution < 1.29 is 8.42 Å². The Labute approximate surface area is 206 Å². The van der Waals surface area contributed by atoms with Gasteiger partial charge in [0.1, 0.15) is 0 Å². The summed E-state index contributed by atoms with van der Waals surface area (Å²) in [7, 11) is -3.84. The highest BCUT2D eigenvalue weighted by Crippen LogP contribution is 2.52. The Bertz CT molecular complexity index is 1530. The van der Waals surface area contributed by atoms with Crippen LogP contribution in [-0.2, 0) is 16.4 Å². The average molecular weight is 512 g/mol. The Morgan fingerprint density at radius 2 is 1.76 bits per heavy atom. The first-order chi connectivity index (χ1) is 16.4. The van der Waals surface area contributed by atoms with Gasteiger partial charge in [0.2, 0.25) is 10.0 Å². The molecule has 4 aromatic rings. The van der Waals surface area contributed by atoms with Gasteiger partial charge >= 0.3 is 0 Å². The highest BCUT2D eigenvalue weighted by molar-refractivity contribution is 7.99. The second-order valence-corrected chi connectivity index (χ2v) is 11.5. The van der Waals surface area contributed by atoms with Crippen LogP contribution in [0.25, 0.3) is 10.8 Å². The lowest BCUT2D eigenvalue weighted by atomic mass is 10.1. The minimum Gasteiger partial charge on any atom is -0.301 e. The predicted octanol–water partition coefficient (Wildman–Crippen LogP) is 5.40. The van der Waals surface area contributed by atoms with E-state index in [0.29, 0.717) is 16.6 Å². The molecule has 0 aliphatic heterocycles. The minimum absolute atomic E-state index is 0.139. The van der Waals surface area contributed by atoms with Crippen LogP contribution in [-0.4, -0.2) is 18.4 Å². The van der Waals surface area contributed by atoms with E-state index >= 15 is 0 Å². The van der Waals surface area contributed by atoms with Crippen LogP contribution in [0.5, 0.6) is 0 Å². The number of sulfonamides is 1. The number of hydrogen-bond donors (Lipinski definition) is 2. The molecule has 0 unspecified atom stereocenters. The van der Waals surface area contributed by atoms with Gasteiger partial charge in [0.15, 0.2) is 5.16 Å². The van der Waals surface area contributed by atoms with Gasteiger partial charge in [-0.2, -0.15) is 0 Å². The lowest BCUT2D eigenvalue weighted by molar-refractivity contribution is 0.557. The van der Waals surface area contributed by atoms with Crippen LogP contribution in [0.2, 0.25) is 5.02 Å². The van der Waals surface area contributed by atoms with Gasteiger partial charge in [-0.1, -0.05) is 73.1 Å². The number of H-pyrrole nitrogens is 1. The SMILES string of the molecule is CCCc1cc(=O)[nH]c(S[C@@H]2c3cccc4cccc(c34)[C@H]2NS(=O)(=O)c2ccc(Cl)cc2)n1. The molecule has 0 bridgehead atoms. The van der Waals surface area contributed by atoms with Crippen LogP contribution in [0, 0.1) is 0 Å². The molecule has 6 nitrogen and oxygen atoms in total. The van der Waals surface area contributed by atoms with Crippen LogP contribution < -0.4 is 10.3 Å². The van der Waals surface area contributed by atoms with Gasteiger partial charge in [0.05, 0.1) is 16.2 Å². The molecule has 174 valence electrons. The van der Waals surface area contributed by atoms with E-state index in [0.717, 1.165) is 34.0 Å². The molecule has 9 heteroatoms. The molecule has 34 heavy (non-hydrogen) atoms. The van der Waals surface area contributed by atoms with Crippen molar-refractivity contribution in [3.8, 4) is 0 Å². The van der Waals surface area contributed by atoms with Gasteiger partial charge in [-0.05, 0) is 52.6 Å². The molecule has 2 atom stereocenters. The standard InChI is InChI=1S/C25H22ClN3O3S2/c1-2-5-17-14-21(30)28-25(27-17)33-24-20-9-4-7-15-6-3-8-19(22(15)20)23(24)29-34(31,32)18-12-10-16(26)11-13-18/h3-4,6-14,23-24,29H,2,5H2,1H3,(H,27,28,30)/t23-,24-/m1/s1. The Morgan fingerprint density at radius 1 is 1.06 bits per heavy atom. The molecule has 2 N–H and O–H groups in total. The first-order valence-electron chi connectivity index (χ1n) is 10.9. The molecule has 5 rings (SSSR count). The van der Waals surface area contributed by atoms with Gasteiger partial charge in [-0.25, -0.2) is 18.1 Å². The third-order valence-electron chi connectivity index (χ3n) is 5.84. The molecule has 1 aromatic heterocycles. The second-order valence-electron chi connectivity index (χ2n) is 8.18. The molecular weight excluding hydrogens is 490 g/mol. The van der Waals surface area contributed by atoms with Crippen molar-refractivity contribution in [2.24, 2.45) is 0 Å². The van der Waals surface area contributed by atoms with Gasteiger partial charge in [0, 0.05) is 16.8 Å². The van der Waals surface area contributed by atoms with Gasteiger partial charge in [0.25, 0.3) is 5.56 Å². The first kappa shape index (κ1) is 23.1. The zero-order valence-electron chi connectivity index (χ0n) is 18.3. The van der Waals surface area contributed by atoms with E-state index in [9.17, 15) is 13.2 Å². The maximum Gasteiger partial charge on any atom is 0.251 e. The number of hydrogen-bond acceptors (Lipinski definition) is 5. The van der Waals surface area contributed by atoms with E-state index < -0.39 is 16.1 Å². The van der Waals surface area contributed by atoms with Crippen molar-refractivity contribution in [2.45, 2.75) is 41.1 Å². The molecule has 1 aliphatic carbocycles. The van der Waals surface area contributed by atoms with Crippen molar-refractivity contribution in [3.63, 3.8) is 0 Å². The average Bonchev–Trinajstić information content (AvgIpc) is 3.08. The summed E-state index contributed by atoms with van der Waals surface area (Å²) in [5.41, 5.74) is 2.41. The molecule has 0 spiro atoms. The molecule has 0 fully saturated rings. The molecule has 3 aromatic carbocycles. The molecule has 0 saturated carbocycles. The summed E-state index contributed by atoms with van der Waals surface area (Å²) < 4.78 is 29.6. The molecule has 0 saturated heterocycles. The second kappa shape index (κ2) is 9.19. The van der Waals surface area contributed by atoms with Gasteiger partial charge in [-0.3, -0.25) is 4.79 Å². The van der Waals surface area contributed by atoms with Crippen molar-refractivity contribution in [1.82, 2.24) is 14.7 Å². The fourth-order valence-corrected chi connectivity index (χ4v) is 7.07. The Hall–Kier alpha value is -2.65. The number of rotatable bonds is 7. The summed E-state index contributed by atoms with van der Waals surface area (Å²) in [6, 6.07) is 18.9. The van der Waals surface area contributed by atoms with E-state index in [4.69, 9.17) is 11.6 Å². The number of nitrogens with zero attached hydrogens (tertiary/aromatic N) is 1. The van der Waals surface area contributed by atoms with Crippen LogP contribution in [0.4, 0.5) is 0 Å². The summed E-state index contributed by atoms with van der Waals surface area (Å²) in [5, 5.41) is 2.69. The predicted molar refractivity (Wildman–Crippen MR) is 136 cm³/mol. The zero-order valence-corrected chi connectivity index (χ0v) is 20.7. The smallest absolute Gasteiger partial charge is 0.251 e. The monoisotopic (exact) mass is 511 g/mol. The van der Waals surface area contributed by atoms with Crippen molar-refractivity contribution in [1.29, 1.82) is 0 Å². The molecule has 1 heterocycles. The minimum atomic E-state index is -3.84. The number of aryl methyl sites for hydroxylation is 1. The lowest BCUT2D eigenvalue weighted by Crippen LogP contribution is -2.30. The maximum atomic E-state index is 13.3. The number of thioether (sulfide) groups is 1. The van der Waals surface area contributed by atoms with Crippen molar-refractivity contribution in [3.05, 3.63) is 98.9 Å². The topological polar surface area (TPSA) is 91.9 Å². The molecule has 0 radical (unpaired) electrons. The Kier molecular flexibility index (Phi) is 6.24. The summed E-state index contributed by atoms with van der Waals surface area (Å²) >= 11 is 7.32. The number of nitrogens with one attached hydrogen (secondary N) is 2. The highest BCUT2D eigenvalue weighted by Gasteiger charge is 2.38. The van der Waals surface area contributed by atoms with E-state index in [1.165, 1.54) is 30.0 Å². The normalized spacial score (nSPS) is 17.4. The van der Waals surface area contributed by atoms with Crippen LogP contribution in [0.1, 0.15) is 41.5 Å². The van der Waals surface area contributed by atoms with Crippen LogP contribution in [0.3, 0.4) is 0 Å². The summed E-state index contributed by atoms with van der Waals surface area (Å²) in [4.78, 5) is 19.8. The quantitative estimate of drug-likeness (QED) is 0.324. The third-order valence-corrected chi connectivity index (χ3v) is 8.74. The Balaban J connectivity index is 1.58. The van der Waals surface area contributed by atoms with Crippen LogP contribution >= 0.6 is 23.4 Å². The summed E-state index contributed by atoms with van der Waals surface area (Å²) in [6.45, 7) is 2.03. The van der Waals surface area contributed by atoms with E-state index in [-0.39, 0.29) is 15.7 Å². The Morgan fingerprint density at radius 3 is 2.47 bits per heavy atom. The molecule has 0 amide bonds. The fourth-order valence-electron chi connectivity index (χ4n) is 4.39. The number of aromatic amines is 1. The van der Waals surface area contributed by atoms with E-state index in [2.05, 4.69) is 14.7 Å². The van der Waals surface area contributed by atoms with E-state index in [1.54, 1.807) is 12.1 Å². The number of halogens is 1. The van der Waals surface area contributed by atoms with Gasteiger partial charge in [-0.15, -0.1) is 0 Å². The maximum absolute atomic E-state index is 13.3. The number of benzene rings is 3. The lowest BCUT2D eigenvalue weighted by Gasteiger charge is -2.22. The first-order valence-corrected chi connectivity index (χ1v) is 13.7.